The van der Waals surface area contributed by atoms with Gasteiger partial charge in [0.25, 0.3) is 0 Å². The fourth-order valence-corrected chi connectivity index (χ4v) is 1.90. The van der Waals surface area contributed by atoms with Crippen molar-refractivity contribution in [3.05, 3.63) is 34.9 Å². The van der Waals surface area contributed by atoms with Gasteiger partial charge < -0.3 is 9.84 Å². The van der Waals surface area contributed by atoms with E-state index in [1.807, 2.05) is 32.0 Å². The molecule has 0 heterocycles. The Hall–Kier alpha value is -1.35. The molecule has 0 saturated heterocycles. The predicted molar refractivity (Wildman–Crippen MR) is 66.7 cm³/mol. The first-order valence-electron chi connectivity index (χ1n) is 5.82. The summed E-state index contributed by atoms with van der Waals surface area (Å²) in [7, 11) is 0. The van der Waals surface area contributed by atoms with Crippen LogP contribution in [0.3, 0.4) is 0 Å². The number of aliphatic hydroxyl groups is 1. The summed E-state index contributed by atoms with van der Waals surface area (Å²) in [5, 5.41) is 10.4. The van der Waals surface area contributed by atoms with Crippen LogP contribution in [0.25, 0.3) is 0 Å². The number of carbonyl (C=O) groups excluding carboxylic acids is 1. The molecule has 0 radical (unpaired) electrons. The molecule has 94 valence electrons. The standard InChI is InChI=1S/C14H20O3/c1-5-17-13(15)9-14(4,16)12-8-10(2)6-7-11(12)3/h6-8,16H,5,9H2,1-4H3. The van der Waals surface area contributed by atoms with Crippen LogP contribution in [0.2, 0.25) is 0 Å². The normalized spacial score (nSPS) is 14.2. The second-order valence-corrected chi connectivity index (χ2v) is 4.57. The molecule has 17 heavy (non-hydrogen) atoms. The minimum atomic E-state index is -1.18. The van der Waals surface area contributed by atoms with Crippen LogP contribution in [0, 0.1) is 13.8 Å². The van der Waals surface area contributed by atoms with Gasteiger partial charge in [0.15, 0.2) is 0 Å². The number of benzene rings is 1. The van der Waals surface area contributed by atoms with Gasteiger partial charge in [-0.15, -0.1) is 0 Å². The van der Waals surface area contributed by atoms with Crippen LogP contribution < -0.4 is 0 Å². The average molecular weight is 236 g/mol. The van der Waals surface area contributed by atoms with Crippen molar-refractivity contribution < 1.29 is 14.6 Å². The van der Waals surface area contributed by atoms with Gasteiger partial charge >= 0.3 is 5.97 Å². The Morgan fingerprint density at radius 1 is 1.41 bits per heavy atom. The zero-order valence-electron chi connectivity index (χ0n) is 10.9. The molecule has 3 heteroatoms. The second-order valence-electron chi connectivity index (χ2n) is 4.57. The highest BCUT2D eigenvalue weighted by Crippen LogP contribution is 2.28. The van der Waals surface area contributed by atoms with Crippen molar-refractivity contribution in [1.82, 2.24) is 0 Å². The van der Waals surface area contributed by atoms with E-state index in [4.69, 9.17) is 4.74 Å². The minimum absolute atomic E-state index is 0.0227. The summed E-state index contributed by atoms with van der Waals surface area (Å²) in [6, 6.07) is 5.85. The van der Waals surface area contributed by atoms with Crippen LogP contribution in [0.15, 0.2) is 18.2 Å². The summed E-state index contributed by atoms with van der Waals surface area (Å²) in [6.45, 7) is 7.62. The van der Waals surface area contributed by atoms with Crippen LogP contribution in [0.1, 0.15) is 37.0 Å². The van der Waals surface area contributed by atoms with E-state index in [2.05, 4.69) is 0 Å². The Bertz CT molecular complexity index is 408. The van der Waals surface area contributed by atoms with E-state index >= 15 is 0 Å². The summed E-state index contributed by atoms with van der Waals surface area (Å²) >= 11 is 0. The number of rotatable bonds is 4. The highest BCUT2D eigenvalue weighted by Gasteiger charge is 2.28. The van der Waals surface area contributed by atoms with Gasteiger partial charge in [-0.1, -0.05) is 23.8 Å². The first-order chi connectivity index (χ1) is 7.86. The lowest BCUT2D eigenvalue weighted by molar-refractivity contribution is -0.148. The van der Waals surface area contributed by atoms with E-state index < -0.39 is 5.60 Å². The second kappa shape index (κ2) is 5.32. The van der Waals surface area contributed by atoms with Crippen molar-refractivity contribution in [2.75, 3.05) is 6.61 Å². The third kappa shape index (κ3) is 3.56. The molecule has 0 amide bonds. The van der Waals surface area contributed by atoms with Crippen LogP contribution in [0.5, 0.6) is 0 Å². The van der Waals surface area contributed by atoms with Gasteiger partial charge in [-0.2, -0.15) is 0 Å². The zero-order chi connectivity index (χ0) is 13.1. The Morgan fingerprint density at radius 2 is 2.06 bits per heavy atom. The van der Waals surface area contributed by atoms with E-state index in [0.29, 0.717) is 6.61 Å². The predicted octanol–water partition coefficient (Wildman–Crippen LogP) is 2.46. The van der Waals surface area contributed by atoms with Gasteiger partial charge in [-0.05, 0) is 38.8 Å². The van der Waals surface area contributed by atoms with E-state index in [9.17, 15) is 9.90 Å². The van der Waals surface area contributed by atoms with Crippen LogP contribution in [0.4, 0.5) is 0 Å². The molecule has 0 aliphatic carbocycles. The van der Waals surface area contributed by atoms with Gasteiger partial charge in [-0.25, -0.2) is 0 Å². The summed E-state index contributed by atoms with van der Waals surface area (Å²) in [5.41, 5.74) is 1.65. The number of esters is 1. The van der Waals surface area contributed by atoms with Gasteiger partial charge in [0.05, 0.1) is 18.6 Å². The lowest BCUT2D eigenvalue weighted by atomic mass is 9.88. The zero-order valence-corrected chi connectivity index (χ0v) is 10.9. The lowest BCUT2D eigenvalue weighted by Gasteiger charge is -2.25. The molecule has 0 aliphatic heterocycles. The monoisotopic (exact) mass is 236 g/mol. The largest absolute Gasteiger partial charge is 0.466 e. The maximum atomic E-state index is 11.4. The van der Waals surface area contributed by atoms with Crippen molar-refractivity contribution in [3.8, 4) is 0 Å². The summed E-state index contributed by atoms with van der Waals surface area (Å²) < 4.78 is 4.87. The minimum Gasteiger partial charge on any atom is -0.466 e. The summed E-state index contributed by atoms with van der Waals surface area (Å²) in [6.07, 6.45) is -0.0227. The van der Waals surface area contributed by atoms with Gasteiger partial charge in [0, 0.05) is 0 Å². The quantitative estimate of drug-likeness (QED) is 0.817. The molecule has 1 unspecified atom stereocenters. The highest BCUT2D eigenvalue weighted by molar-refractivity contribution is 5.71. The molecule has 0 spiro atoms. The van der Waals surface area contributed by atoms with E-state index in [1.54, 1.807) is 13.8 Å². The Morgan fingerprint density at radius 3 is 2.65 bits per heavy atom. The van der Waals surface area contributed by atoms with E-state index in [0.717, 1.165) is 16.7 Å². The molecule has 1 atom stereocenters. The lowest BCUT2D eigenvalue weighted by Crippen LogP contribution is -2.27. The molecule has 0 saturated carbocycles. The number of hydrogen-bond donors (Lipinski definition) is 1. The first-order valence-corrected chi connectivity index (χ1v) is 5.82. The van der Waals surface area contributed by atoms with Crippen LogP contribution >= 0.6 is 0 Å². The molecule has 1 aromatic carbocycles. The van der Waals surface area contributed by atoms with Crippen molar-refractivity contribution in [2.45, 2.75) is 39.7 Å². The molecular formula is C14H20O3. The molecule has 0 aromatic heterocycles. The topological polar surface area (TPSA) is 46.5 Å². The van der Waals surface area contributed by atoms with Crippen molar-refractivity contribution in [2.24, 2.45) is 0 Å². The maximum Gasteiger partial charge on any atom is 0.309 e. The molecule has 1 N–H and O–H groups in total. The summed E-state index contributed by atoms with van der Waals surface area (Å²) in [5.74, 6) is -0.376. The molecule has 1 rings (SSSR count). The average Bonchev–Trinajstić information content (AvgIpc) is 2.21. The number of aryl methyl sites for hydroxylation is 2. The van der Waals surface area contributed by atoms with Crippen LogP contribution in [-0.4, -0.2) is 17.7 Å². The van der Waals surface area contributed by atoms with Gasteiger partial charge in [-0.3, -0.25) is 4.79 Å². The van der Waals surface area contributed by atoms with Crippen molar-refractivity contribution in [1.29, 1.82) is 0 Å². The Balaban J connectivity index is 2.95. The van der Waals surface area contributed by atoms with Crippen molar-refractivity contribution in [3.63, 3.8) is 0 Å². The van der Waals surface area contributed by atoms with Gasteiger partial charge in [0.1, 0.15) is 0 Å². The Kier molecular flexibility index (Phi) is 4.29. The molecule has 0 bridgehead atoms. The third-order valence-corrected chi connectivity index (χ3v) is 2.77. The number of carbonyl (C=O) groups is 1. The number of ether oxygens (including phenoxy) is 1. The maximum absolute atomic E-state index is 11.4. The van der Waals surface area contributed by atoms with E-state index in [-0.39, 0.29) is 12.4 Å². The van der Waals surface area contributed by atoms with Crippen molar-refractivity contribution >= 4 is 5.97 Å². The SMILES string of the molecule is CCOC(=O)CC(C)(O)c1cc(C)ccc1C. The number of hydrogen-bond acceptors (Lipinski definition) is 3. The highest BCUT2D eigenvalue weighted by atomic mass is 16.5. The fraction of sp³-hybridized carbons (Fsp3) is 0.500. The van der Waals surface area contributed by atoms with Crippen LogP contribution in [-0.2, 0) is 15.1 Å². The molecule has 0 aliphatic rings. The molecule has 0 fully saturated rings. The molecule has 3 nitrogen and oxygen atoms in total. The van der Waals surface area contributed by atoms with Gasteiger partial charge in [0.2, 0.25) is 0 Å². The fourth-order valence-electron chi connectivity index (χ4n) is 1.90. The van der Waals surface area contributed by atoms with E-state index in [1.165, 1.54) is 0 Å². The summed E-state index contributed by atoms with van der Waals surface area (Å²) in [4.78, 5) is 11.4. The molecular weight excluding hydrogens is 216 g/mol. The Labute approximate surface area is 102 Å². The smallest absolute Gasteiger partial charge is 0.309 e. The molecule has 1 aromatic rings. The first kappa shape index (κ1) is 13.7. The third-order valence-electron chi connectivity index (χ3n) is 2.77.